The summed E-state index contributed by atoms with van der Waals surface area (Å²) >= 11 is 0. The molecule has 0 atom stereocenters. The zero-order valence-corrected chi connectivity index (χ0v) is 9.88. The zero-order chi connectivity index (χ0) is 12.2. The Morgan fingerprint density at radius 1 is 0.625 bits per heavy atom. The van der Waals surface area contributed by atoms with Crippen LogP contribution in [0.3, 0.4) is 0 Å². The van der Waals surface area contributed by atoms with Crippen LogP contribution in [0.15, 0.2) is 0 Å². The van der Waals surface area contributed by atoms with E-state index in [1.54, 1.807) is 0 Å². The standard InChI is InChI=1S/C10H24F2N4/c11-15(9-3-5-13)7-1-2-8-16(12)10-4-6-14/h1-10,13-14H2. The predicted molar refractivity (Wildman–Crippen MR) is 61.9 cm³/mol. The largest absolute Gasteiger partial charge is 0.330 e. The van der Waals surface area contributed by atoms with Gasteiger partial charge in [-0.1, -0.05) is 0 Å². The summed E-state index contributed by atoms with van der Waals surface area (Å²) < 4.78 is 25.9. The maximum Gasteiger partial charge on any atom is 0.0302 e. The summed E-state index contributed by atoms with van der Waals surface area (Å²) in [7, 11) is 0. The average molecular weight is 238 g/mol. The summed E-state index contributed by atoms with van der Waals surface area (Å²) in [4.78, 5) is 0. The molecule has 0 rings (SSSR count). The van der Waals surface area contributed by atoms with Crippen molar-refractivity contribution in [2.75, 3.05) is 39.3 Å². The Hall–Kier alpha value is -0.300. The first-order chi connectivity index (χ1) is 7.70. The number of nitrogens with two attached hydrogens (primary N) is 2. The van der Waals surface area contributed by atoms with Gasteiger partial charge in [0.15, 0.2) is 0 Å². The van der Waals surface area contributed by atoms with Gasteiger partial charge in [0.05, 0.1) is 0 Å². The Bertz CT molecular complexity index is 133. The van der Waals surface area contributed by atoms with Crippen molar-refractivity contribution in [3.05, 3.63) is 0 Å². The van der Waals surface area contributed by atoms with Crippen LogP contribution in [-0.2, 0) is 0 Å². The van der Waals surface area contributed by atoms with Gasteiger partial charge in [0, 0.05) is 26.2 Å². The lowest BCUT2D eigenvalue weighted by molar-refractivity contribution is 0.00783. The van der Waals surface area contributed by atoms with Gasteiger partial charge in [-0.05, 0) is 38.8 Å². The Kier molecular flexibility index (Phi) is 11.0. The number of unbranched alkanes of at least 4 members (excludes halogenated alkanes) is 1. The maximum absolute atomic E-state index is 13.0. The second kappa shape index (κ2) is 11.2. The van der Waals surface area contributed by atoms with Crippen molar-refractivity contribution < 1.29 is 8.96 Å². The van der Waals surface area contributed by atoms with Crippen LogP contribution in [0.5, 0.6) is 0 Å². The van der Waals surface area contributed by atoms with E-state index in [-0.39, 0.29) is 0 Å². The molecule has 0 amide bonds. The third kappa shape index (κ3) is 10.2. The fraction of sp³-hybridized carbons (Fsp3) is 1.00. The fourth-order valence-corrected chi connectivity index (χ4v) is 1.32. The van der Waals surface area contributed by atoms with E-state index in [0.717, 1.165) is 10.2 Å². The van der Waals surface area contributed by atoms with Crippen LogP contribution in [0.2, 0.25) is 0 Å². The molecule has 0 saturated heterocycles. The normalized spacial score (nSPS) is 11.6. The third-order valence-corrected chi connectivity index (χ3v) is 2.26. The summed E-state index contributed by atoms with van der Waals surface area (Å²) in [5.41, 5.74) is 10.5. The molecule has 6 heteroatoms. The molecule has 0 heterocycles. The highest BCUT2D eigenvalue weighted by molar-refractivity contribution is 4.52. The van der Waals surface area contributed by atoms with E-state index in [2.05, 4.69) is 0 Å². The van der Waals surface area contributed by atoms with E-state index in [1.807, 2.05) is 0 Å². The highest BCUT2D eigenvalue weighted by Gasteiger charge is 2.04. The van der Waals surface area contributed by atoms with E-state index in [9.17, 15) is 8.96 Å². The fourth-order valence-electron chi connectivity index (χ4n) is 1.32. The molecule has 98 valence electrons. The molecule has 4 nitrogen and oxygen atoms in total. The third-order valence-electron chi connectivity index (χ3n) is 2.26. The monoisotopic (exact) mass is 238 g/mol. The van der Waals surface area contributed by atoms with Gasteiger partial charge in [-0.2, -0.15) is 0 Å². The molecule has 0 saturated carbocycles. The quantitative estimate of drug-likeness (QED) is 0.413. The van der Waals surface area contributed by atoms with Crippen LogP contribution in [-0.4, -0.2) is 49.5 Å². The van der Waals surface area contributed by atoms with Gasteiger partial charge in [0.2, 0.25) is 0 Å². The molecule has 0 spiro atoms. The first kappa shape index (κ1) is 15.7. The van der Waals surface area contributed by atoms with Crippen LogP contribution >= 0.6 is 0 Å². The molecular weight excluding hydrogens is 214 g/mol. The molecule has 0 aliphatic rings. The molecule has 4 N–H and O–H groups in total. The zero-order valence-electron chi connectivity index (χ0n) is 9.88. The maximum atomic E-state index is 13.0. The van der Waals surface area contributed by atoms with Gasteiger partial charge < -0.3 is 11.5 Å². The number of halogens is 2. The summed E-state index contributed by atoms with van der Waals surface area (Å²) in [6, 6.07) is 0. The van der Waals surface area contributed by atoms with Crippen molar-refractivity contribution >= 4 is 0 Å². The smallest absolute Gasteiger partial charge is 0.0302 e. The highest BCUT2D eigenvalue weighted by atomic mass is 19.2. The Labute approximate surface area is 96.4 Å². The van der Waals surface area contributed by atoms with Gasteiger partial charge in [-0.3, -0.25) is 0 Å². The molecule has 0 fully saturated rings. The summed E-state index contributed by atoms with van der Waals surface area (Å²) in [6.07, 6.45) is 2.62. The minimum atomic E-state index is 0.352. The van der Waals surface area contributed by atoms with Crippen LogP contribution in [0.1, 0.15) is 25.7 Å². The summed E-state index contributed by atoms with van der Waals surface area (Å²) in [6.45, 7) is 2.43. The van der Waals surface area contributed by atoms with Gasteiger partial charge in [-0.25, -0.2) is 0 Å². The molecule has 0 bridgehead atoms. The first-order valence-corrected chi connectivity index (χ1v) is 5.92. The molecule has 16 heavy (non-hydrogen) atoms. The second-order valence-electron chi connectivity index (χ2n) is 3.81. The lowest BCUT2D eigenvalue weighted by Gasteiger charge is -2.13. The van der Waals surface area contributed by atoms with Crippen molar-refractivity contribution in [3.63, 3.8) is 0 Å². The summed E-state index contributed by atoms with van der Waals surface area (Å²) in [5, 5.41) is 1.49. The molecule has 0 aliphatic carbocycles. The van der Waals surface area contributed by atoms with E-state index in [4.69, 9.17) is 11.5 Å². The molecule has 0 aliphatic heterocycles. The number of nitrogens with zero attached hydrogens (tertiary/aromatic N) is 2. The Morgan fingerprint density at radius 3 is 1.25 bits per heavy atom. The SMILES string of the molecule is NCCCN(F)CCCCN(F)CCCN. The molecule has 0 radical (unpaired) electrons. The Balaban J connectivity index is 3.24. The van der Waals surface area contributed by atoms with E-state index in [1.165, 1.54) is 0 Å². The summed E-state index contributed by atoms with van der Waals surface area (Å²) in [5.74, 6) is 0. The minimum Gasteiger partial charge on any atom is -0.330 e. The van der Waals surface area contributed by atoms with E-state index < -0.39 is 0 Å². The first-order valence-electron chi connectivity index (χ1n) is 5.92. The highest BCUT2D eigenvalue weighted by Crippen LogP contribution is 2.00. The predicted octanol–water partition coefficient (Wildman–Crippen LogP) is 0.837. The van der Waals surface area contributed by atoms with Gasteiger partial charge in [-0.15, -0.1) is 19.2 Å². The molecule has 0 aromatic heterocycles. The van der Waals surface area contributed by atoms with Crippen LogP contribution < -0.4 is 11.5 Å². The number of rotatable bonds is 11. The van der Waals surface area contributed by atoms with Crippen molar-refractivity contribution in [3.8, 4) is 0 Å². The van der Waals surface area contributed by atoms with Gasteiger partial charge >= 0.3 is 0 Å². The average Bonchev–Trinajstić information content (AvgIpc) is 2.29. The van der Waals surface area contributed by atoms with Crippen molar-refractivity contribution in [1.82, 2.24) is 10.2 Å². The second-order valence-corrected chi connectivity index (χ2v) is 3.81. The van der Waals surface area contributed by atoms with Crippen LogP contribution in [0.4, 0.5) is 8.96 Å². The number of hydrogen-bond donors (Lipinski definition) is 2. The van der Waals surface area contributed by atoms with E-state index >= 15 is 0 Å². The van der Waals surface area contributed by atoms with Crippen LogP contribution in [0.25, 0.3) is 0 Å². The van der Waals surface area contributed by atoms with Crippen LogP contribution in [0, 0.1) is 0 Å². The van der Waals surface area contributed by atoms with Crippen molar-refractivity contribution in [2.45, 2.75) is 25.7 Å². The van der Waals surface area contributed by atoms with Crippen molar-refractivity contribution in [2.24, 2.45) is 11.5 Å². The topological polar surface area (TPSA) is 58.5 Å². The van der Waals surface area contributed by atoms with E-state index in [0.29, 0.717) is 65.0 Å². The molecule has 0 aromatic carbocycles. The lowest BCUT2D eigenvalue weighted by atomic mass is 10.3. The molecular formula is C10H24F2N4. The lowest BCUT2D eigenvalue weighted by Crippen LogP contribution is -2.22. The molecule has 0 aromatic rings. The molecule has 0 unspecified atom stereocenters. The van der Waals surface area contributed by atoms with Gasteiger partial charge in [0.25, 0.3) is 0 Å². The van der Waals surface area contributed by atoms with Crippen molar-refractivity contribution in [1.29, 1.82) is 0 Å². The number of hydrogen-bond acceptors (Lipinski definition) is 4. The minimum absolute atomic E-state index is 0.352. The van der Waals surface area contributed by atoms with Gasteiger partial charge in [0.1, 0.15) is 0 Å². The Morgan fingerprint density at radius 2 is 0.938 bits per heavy atom.